The van der Waals surface area contributed by atoms with Gasteiger partial charge in [0.1, 0.15) is 6.04 Å². The van der Waals surface area contributed by atoms with Crippen LogP contribution in [-0.2, 0) is 9.59 Å². The lowest BCUT2D eigenvalue weighted by Crippen LogP contribution is -2.48. The van der Waals surface area contributed by atoms with Gasteiger partial charge in [-0.3, -0.25) is 14.9 Å². The molecule has 0 fully saturated rings. The average molecular weight is 202 g/mol. The van der Waals surface area contributed by atoms with Crippen LogP contribution in [0.25, 0.3) is 0 Å². The minimum Gasteiger partial charge on any atom is -0.480 e. The van der Waals surface area contributed by atoms with Gasteiger partial charge >= 0.3 is 5.97 Å². The minimum atomic E-state index is -0.958. The van der Waals surface area contributed by atoms with E-state index in [-0.39, 0.29) is 5.91 Å². The van der Waals surface area contributed by atoms with Gasteiger partial charge < -0.3 is 10.4 Å². The van der Waals surface area contributed by atoms with Gasteiger partial charge in [-0.05, 0) is 20.3 Å². The Hall–Kier alpha value is -1.10. The summed E-state index contributed by atoms with van der Waals surface area (Å²) in [5, 5.41) is 14.0. The number of rotatable bonds is 6. The first kappa shape index (κ1) is 12.9. The summed E-state index contributed by atoms with van der Waals surface area (Å²) >= 11 is 0. The number of amides is 1. The Balaban J connectivity index is 3.88. The number of carboxylic acid groups (broad SMARTS) is 1. The van der Waals surface area contributed by atoms with Gasteiger partial charge in [-0.25, -0.2) is 0 Å². The second kappa shape index (κ2) is 6.37. The van der Waals surface area contributed by atoms with E-state index in [1.165, 1.54) is 6.92 Å². The van der Waals surface area contributed by atoms with Crippen LogP contribution < -0.4 is 10.6 Å². The first-order chi connectivity index (χ1) is 6.49. The minimum absolute atomic E-state index is 0.167. The number of nitrogens with one attached hydrogen (secondary N) is 2. The molecule has 0 bridgehead atoms. The molecule has 0 rings (SSSR count). The standard InChI is InChI=1S/C9H18N2O3/c1-4-5-10-8(12)6(2)11-7(3)9(13)14/h6-7,11H,4-5H2,1-3H3,(H,10,12)(H,13,14). The van der Waals surface area contributed by atoms with Gasteiger partial charge in [0.25, 0.3) is 0 Å². The molecule has 0 aromatic heterocycles. The molecule has 2 unspecified atom stereocenters. The lowest BCUT2D eigenvalue weighted by Gasteiger charge is -2.16. The van der Waals surface area contributed by atoms with Crippen LogP contribution in [0.4, 0.5) is 0 Å². The van der Waals surface area contributed by atoms with Gasteiger partial charge in [0, 0.05) is 6.54 Å². The lowest BCUT2D eigenvalue weighted by molar-refractivity contribution is -0.139. The second-order valence-electron chi connectivity index (χ2n) is 3.24. The number of carbonyl (C=O) groups excluding carboxylic acids is 1. The summed E-state index contributed by atoms with van der Waals surface area (Å²) in [6.45, 7) is 5.72. The summed E-state index contributed by atoms with van der Waals surface area (Å²) in [6.07, 6.45) is 0.868. The third-order valence-corrected chi connectivity index (χ3v) is 1.81. The van der Waals surface area contributed by atoms with E-state index in [9.17, 15) is 9.59 Å². The SMILES string of the molecule is CCCNC(=O)C(C)NC(C)C(=O)O. The molecule has 0 heterocycles. The zero-order valence-corrected chi connectivity index (χ0v) is 8.83. The topological polar surface area (TPSA) is 78.4 Å². The van der Waals surface area contributed by atoms with E-state index >= 15 is 0 Å². The van der Waals surface area contributed by atoms with Crippen molar-refractivity contribution in [2.24, 2.45) is 0 Å². The molecular formula is C9H18N2O3. The van der Waals surface area contributed by atoms with E-state index in [1.54, 1.807) is 6.92 Å². The lowest BCUT2D eigenvalue weighted by atomic mass is 10.2. The molecule has 2 atom stereocenters. The van der Waals surface area contributed by atoms with Crippen molar-refractivity contribution < 1.29 is 14.7 Å². The Morgan fingerprint density at radius 1 is 1.29 bits per heavy atom. The molecule has 0 aromatic rings. The number of carboxylic acids is 1. The van der Waals surface area contributed by atoms with E-state index in [2.05, 4.69) is 10.6 Å². The van der Waals surface area contributed by atoms with Crippen molar-refractivity contribution in [3.8, 4) is 0 Å². The number of aliphatic carboxylic acids is 1. The zero-order chi connectivity index (χ0) is 11.1. The van der Waals surface area contributed by atoms with Crippen LogP contribution in [0.15, 0.2) is 0 Å². The molecule has 0 aliphatic rings. The average Bonchev–Trinajstić information content (AvgIpc) is 2.13. The maximum Gasteiger partial charge on any atom is 0.320 e. The Morgan fingerprint density at radius 2 is 1.86 bits per heavy atom. The van der Waals surface area contributed by atoms with Crippen LogP contribution in [0.1, 0.15) is 27.2 Å². The first-order valence-corrected chi connectivity index (χ1v) is 4.75. The maximum absolute atomic E-state index is 11.3. The monoisotopic (exact) mass is 202 g/mol. The summed E-state index contributed by atoms with van der Waals surface area (Å²) in [7, 11) is 0. The quantitative estimate of drug-likeness (QED) is 0.565. The molecule has 3 N–H and O–H groups in total. The molecule has 0 aliphatic carbocycles. The molecule has 0 saturated carbocycles. The highest BCUT2D eigenvalue weighted by Crippen LogP contribution is 1.88. The molecule has 5 nitrogen and oxygen atoms in total. The van der Waals surface area contributed by atoms with Crippen LogP contribution in [0.5, 0.6) is 0 Å². The zero-order valence-electron chi connectivity index (χ0n) is 8.83. The van der Waals surface area contributed by atoms with Crippen LogP contribution in [-0.4, -0.2) is 35.6 Å². The summed E-state index contributed by atoms with van der Waals surface area (Å²) in [4.78, 5) is 21.8. The Bertz CT molecular complexity index is 206. The van der Waals surface area contributed by atoms with Gasteiger partial charge in [-0.2, -0.15) is 0 Å². The van der Waals surface area contributed by atoms with Crippen molar-refractivity contribution in [2.75, 3.05) is 6.54 Å². The fourth-order valence-electron chi connectivity index (χ4n) is 0.923. The fraction of sp³-hybridized carbons (Fsp3) is 0.778. The predicted molar refractivity (Wildman–Crippen MR) is 53.0 cm³/mol. The van der Waals surface area contributed by atoms with Gasteiger partial charge in [-0.15, -0.1) is 0 Å². The summed E-state index contributed by atoms with van der Waals surface area (Å²) in [5.41, 5.74) is 0. The van der Waals surface area contributed by atoms with E-state index in [0.717, 1.165) is 6.42 Å². The molecule has 14 heavy (non-hydrogen) atoms. The first-order valence-electron chi connectivity index (χ1n) is 4.75. The fourth-order valence-corrected chi connectivity index (χ4v) is 0.923. The van der Waals surface area contributed by atoms with Crippen molar-refractivity contribution in [3.63, 3.8) is 0 Å². The van der Waals surface area contributed by atoms with E-state index in [0.29, 0.717) is 6.54 Å². The van der Waals surface area contributed by atoms with Crippen LogP contribution >= 0.6 is 0 Å². The molecule has 0 saturated heterocycles. The summed E-state index contributed by atoms with van der Waals surface area (Å²) < 4.78 is 0. The summed E-state index contributed by atoms with van der Waals surface area (Å²) in [6, 6.07) is -1.19. The molecular weight excluding hydrogens is 184 g/mol. The van der Waals surface area contributed by atoms with E-state index in [4.69, 9.17) is 5.11 Å². The maximum atomic E-state index is 11.3. The predicted octanol–water partition coefficient (Wildman–Crippen LogP) is -0.0362. The van der Waals surface area contributed by atoms with Crippen molar-refractivity contribution in [1.29, 1.82) is 0 Å². The van der Waals surface area contributed by atoms with Crippen molar-refractivity contribution in [2.45, 2.75) is 39.3 Å². The van der Waals surface area contributed by atoms with Gasteiger partial charge in [0.2, 0.25) is 5.91 Å². The third-order valence-electron chi connectivity index (χ3n) is 1.81. The molecule has 0 radical (unpaired) electrons. The van der Waals surface area contributed by atoms with Crippen molar-refractivity contribution in [1.82, 2.24) is 10.6 Å². The highest BCUT2D eigenvalue weighted by atomic mass is 16.4. The van der Waals surface area contributed by atoms with Crippen LogP contribution in [0.3, 0.4) is 0 Å². The number of carbonyl (C=O) groups is 2. The van der Waals surface area contributed by atoms with E-state index < -0.39 is 18.1 Å². The van der Waals surface area contributed by atoms with Crippen LogP contribution in [0.2, 0.25) is 0 Å². The largest absolute Gasteiger partial charge is 0.480 e. The van der Waals surface area contributed by atoms with Crippen molar-refractivity contribution >= 4 is 11.9 Å². The second-order valence-corrected chi connectivity index (χ2v) is 3.24. The number of hydrogen-bond acceptors (Lipinski definition) is 3. The van der Waals surface area contributed by atoms with Gasteiger partial charge in [-0.1, -0.05) is 6.92 Å². The number of hydrogen-bond donors (Lipinski definition) is 3. The van der Waals surface area contributed by atoms with Gasteiger partial charge in [0.05, 0.1) is 6.04 Å². The molecule has 82 valence electrons. The summed E-state index contributed by atoms with van der Waals surface area (Å²) in [5.74, 6) is -1.12. The Kier molecular flexibility index (Phi) is 5.87. The molecule has 0 aliphatic heterocycles. The molecule has 0 spiro atoms. The highest BCUT2D eigenvalue weighted by Gasteiger charge is 2.18. The Morgan fingerprint density at radius 3 is 2.29 bits per heavy atom. The van der Waals surface area contributed by atoms with Crippen LogP contribution in [0, 0.1) is 0 Å². The third kappa shape index (κ3) is 4.81. The smallest absolute Gasteiger partial charge is 0.320 e. The normalized spacial score (nSPS) is 14.5. The Labute approximate surface area is 83.9 Å². The van der Waals surface area contributed by atoms with E-state index in [1.807, 2.05) is 6.92 Å². The molecule has 5 heteroatoms. The molecule has 1 amide bonds. The molecule has 0 aromatic carbocycles. The highest BCUT2D eigenvalue weighted by molar-refractivity contribution is 5.82. The van der Waals surface area contributed by atoms with Crippen molar-refractivity contribution in [3.05, 3.63) is 0 Å². The van der Waals surface area contributed by atoms with Gasteiger partial charge in [0.15, 0.2) is 0 Å².